The highest BCUT2D eigenvalue weighted by molar-refractivity contribution is 7.10. The number of halogens is 3. The predicted octanol–water partition coefficient (Wildman–Crippen LogP) is 4.50. The SMILES string of the molecule is O=C(N1CCCCC1C(F)(F)F)C1(c2cccs2)CCCC1. The molecule has 0 radical (unpaired) electrons. The van der Waals surface area contributed by atoms with Crippen molar-refractivity contribution in [1.82, 2.24) is 4.90 Å². The van der Waals surface area contributed by atoms with Crippen molar-refractivity contribution in [2.24, 2.45) is 0 Å². The summed E-state index contributed by atoms with van der Waals surface area (Å²) in [4.78, 5) is 15.2. The van der Waals surface area contributed by atoms with Crippen LogP contribution in [0.3, 0.4) is 0 Å². The van der Waals surface area contributed by atoms with Crippen LogP contribution in [0.4, 0.5) is 13.2 Å². The van der Waals surface area contributed by atoms with Gasteiger partial charge in [0.15, 0.2) is 0 Å². The summed E-state index contributed by atoms with van der Waals surface area (Å²) in [5, 5.41) is 1.90. The number of hydrogen-bond donors (Lipinski definition) is 0. The Morgan fingerprint density at radius 3 is 2.55 bits per heavy atom. The van der Waals surface area contributed by atoms with Crippen LogP contribution in [0.25, 0.3) is 0 Å². The Kier molecular flexibility index (Phi) is 4.23. The molecule has 1 atom stereocenters. The molecule has 0 spiro atoms. The maximum absolute atomic E-state index is 13.3. The van der Waals surface area contributed by atoms with Crippen molar-refractivity contribution < 1.29 is 18.0 Å². The van der Waals surface area contributed by atoms with Crippen LogP contribution in [0.5, 0.6) is 0 Å². The number of alkyl halides is 3. The molecule has 22 heavy (non-hydrogen) atoms. The van der Waals surface area contributed by atoms with Crippen LogP contribution >= 0.6 is 11.3 Å². The number of hydrogen-bond acceptors (Lipinski definition) is 2. The van der Waals surface area contributed by atoms with Gasteiger partial charge in [-0.15, -0.1) is 11.3 Å². The topological polar surface area (TPSA) is 20.3 Å². The quantitative estimate of drug-likeness (QED) is 0.781. The fourth-order valence-corrected chi connectivity index (χ4v) is 4.86. The monoisotopic (exact) mass is 331 g/mol. The standard InChI is InChI=1S/C16H20F3NOS/c17-16(18,19)12-6-1-4-10-20(12)14(21)15(8-2-3-9-15)13-7-5-11-22-13/h5,7,11-12H,1-4,6,8-10H2. The average molecular weight is 331 g/mol. The molecule has 1 saturated heterocycles. The van der Waals surface area contributed by atoms with Gasteiger partial charge >= 0.3 is 6.18 Å². The van der Waals surface area contributed by atoms with Crippen molar-refractivity contribution in [3.8, 4) is 0 Å². The number of piperidine rings is 1. The maximum atomic E-state index is 13.3. The Morgan fingerprint density at radius 1 is 1.23 bits per heavy atom. The molecule has 1 aromatic heterocycles. The summed E-state index contributed by atoms with van der Waals surface area (Å²) >= 11 is 1.49. The van der Waals surface area contributed by atoms with E-state index in [-0.39, 0.29) is 18.9 Å². The van der Waals surface area contributed by atoms with Gasteiger partial charge in [-0.2, -0.15) is 13.2 Å². The summed E-state index contributed by atoms with van der Waals surface area (Å²) in [7, 11) is 0. The Hall–Kier alpha value is -1.04. The van der Waals surface area contributed by atoms with Crippen LogP contribution in [0.2, 0.25) is 0 Å². The Labute approximate surface area is 132 Å². The van der Waals surface area contributed by atoms with Crippen LogP contribution in [0.15, 0.2) is 17.5 Å². The smallest absolute Gasteiger partial charge is 0.330 e. The lowest BCUT2D eigenvalue weighted by Gasteiger charge is -2.41. The summed E-state index contributed by atoms with van der Waals surface area (Å²) < 4.78 is 39.9. The van der Waals surface area contributed by atoms with Crippen molar-refractivity contribution in [3.05, 3.63) is 22.4 Å². The molecule has 2 aliphatic rings. The van der Waals surface area contributed by atoms with Crippen molar-refractivity contribution in [2.75, 3.05) is 6.54 Å². The van der Waals surface area contributed by atoms with Gasteiger partial charge in [-0.3, -0.25) is 4.79 Å². The van der Waals surface area contributed by atoms with Gasteiger partial charge in [0.2, 0.25) is 5.91 Å². The first-order valence-electron chi connectivity index (χ1n) is 7.87. The van der Waals surface area contributed by atoms with Gasteiger partial charge in [-0.1, -0.05) is 18.9 Å². The molecule has 0 aromatic carbocycles. The molecule has 0 N–H and O–H groups in total. The van der Waals surface area contributed by atoms with E-state index in [4.69, 9.17) is 0 Å². The van der Waals surface area contributed by atoms with Crippen LogP contribution in [0, 0.1) is 0 Å². The highest BCUT2D eigenvalue weighted by Gasteiger charge is 2.52. The molecule has 0 bridgehead atoms. The fourth-order valence-electron chi connectivity index (χ4n) is 3.88. The second-order valence-corrected chi connectivity index (χ2v) is 7.27. The normalized spacial score (nSPS) is 25.4. The van der Waals surface area contributed by atoms with Gasteiger partial charge in [0.1, 0.15) is 6.04 Å². The van der Waals surface area contributed by atoms with Crippen molar-refractivity contribution in [1.29, 1.82) is 0 Å². The number of carbonyl (C=O) groups excluding carboxylic acids is 1. The average Bonchev–Trinajstić information content (AvgIpc) is 3.17. The van der Waals surface area contributed by atoms with Crippen molar-refractivity contribution >= 4 is 17.2 Å². The summed E-state index contributed by atoms with van der Waals surface area (Å²) in [6.45, 7) is 0.232. The van der Waals surface area contributed by atoms with Gasteiger partial charge in [0.25, 0.3) is 0 Å². The Bertz CT molecular complexity index is 520. The molecule has 2 heterocycles. The molecule has 2 nitrogen and oxygen atoms in total. The number of thiophene rings is 1. The molecule has 1 aliphatic carbocycles. The minimum atomic E-state index is -4.33. The molecule has 1 unspecified atom stereocenters. The molecular weight excluding hydrogens is 311 g/mol. The van der Waals surface area contributed by atoms with E-state index >= 15 is 0 Å². The van der Waals surface area contributed by atoms with E-state index in [0.717, 1.165) is 22.6 Å². The number of likely N-dealkylation sites (tertiary alicyclic amines) is 1. The fraction of sp³-hybridized carbons (Fsp3) is 0.688. The number of amides is 1. The summed E-state index contributed by atoms with van der Waals surface area (Å²) in [6.07, 6.45) is 0.0864. The summed E-state index contributed by atoms with van der Waals surface area (Å²) in [6, 6.07) is 2.18. The molecular formula is C16H20F3NOS. The lowest BCUT2D eigenvalue weighted by molar-refractivity contribution is -0.198. The Balaban J connectivity index is 1.93. The number of nitrogens with zero attached hydrogens (tertiary/aromatic N) is 1. The van der Waals surface area contributed by atoms with E-state index in [1.807, 2.05) is 17.5 Å². The molecule has 1 saturated carbocycles. The highest BCUT2D eigenvalue weighted by Crippen LogP contribution is 2.46. The lowest BCUT2D eigenvalue weighted by Crippen LogP contribution is -2.56. The van der Waals surface area contributed by atoms with Gasteiger partial charge in [0, 0.05) is 11.4 Å². The molecule has 1 amide bonds. The van der Waals surface area contributed by atoms with E-state index in [1.165, 1.54) is 11.3 Å². The molecule has 3 rings (SSSR count). The third kappa shape index (κ3) is 2.66. The highest BCUT2D eigenvalue weighted by atomic mass is 32.1. The summed E-state index contributed by atoms with van der Waals surface area (Å²) in [5.74, 6) is -0.297. The van der Waals surface area contributed by atoms with Crippen LogP contribution < -0.4 is 0 Å². The number of rotatable bonds is 2. The predicted molar refractivity (Wildman–Crippen MR) is 79.9 cm³/mol. The van der Waals surface area contributed by atoms with E-state index in [2.05, 4.69) is 0 Å². The van der Waals surface area contributed by atoms with Gasteiger partial charge in [-0.25, -0.2) is 0 Å². The van der Waals surface area contributed by atoms with Gasteiger partial charge in [0.05, 0.1) is 5.41 Å². The largest absolute Gasteiger partial charge is 0.408 e. The van der Waals surface area contributed by atoms with E-state index in [0.29, 0.717) is 25.7 Å². The zero-order chi connectivity index (χ0) is 15.8. The molecule has 1 aliphatic heterocycles. The van der Waals surface area contributed by atoms with E-state index < -0.39 is 17.6 Å². The van der Waals surface area contributed by atoms with Crippen LogP contribution in [0.1, 0.15) is 49.8 Å². The first kappa shape index (κ1) is 15.8. The van der Waals surface area contributed by atoms with Crippen molar-refractivity contribution in [2.45, 2.75) is 62.6 Å². The third-order valence-electron chi connectivity index (χ3n) is 5.00. The molecule has 1 aromatic rings. The minimum Gasteiger partial charge on any atom is -0.330 e. The van der Waals surface area contributed by atoms with Gasteiger partial charge < -0.3 is 4.90 Å². The first-order valence-corrected chi connectivity index (χ1v) is 8.75. The molecule has 2 fully saturated rings. The second kappa shape index (κ2) is 5.87. The maximum Gasteiger partial charge on any atom is 0.408 e. The van der Waals surface area contributed by atoms with Gasteiger partial charge in [-0.05, 0) is 43.6 Å². The van der Waals surface area contributed by atoms with Crippen LogP contribution in [-0.4, -0.2) is 29.6 Å². The minimum absolute atomic E-state index is 0.0375. The third-order valence-corrected chi connectivity index (χ3v) is 6.07. The lowest BCUT2D eigenvalue weighted by atomic mass is 9.81. The van der Waals surface area contributed by atoms with Crippen LogP contribution in [-0.2, 0) is 10.2 Å². The molecule has 122 valence electrons. The molecule has 6 heteroatoms. The summed E-state index contributed by atoms with van der Waals surface area (Å²) in [5.41, 5.74) is -0.713. The van der Waals surface area contributed by atoms with Crippen molar-refractivity contribution in [3.63, 3.8) is 0 Å². The first-order chi connectivity index (χ1) is 10.5. The zero-order valence-corrected chi connectivity index (χ0v) is 13.2. The van der Waals surface area contributed by atoms with E-state index in [1.54, 1.807) is 0 Å². The zero-order valence-electron chi connectivity index (χ0n) is 12.4. The number of carbonyl (C=O) groups is 1. The second-order valence-electron chi connectivity index (χ2n) is 6.32. The Morgan fingerprint density at radius 2 is 1.95 bits per heavy atom. The van der Waals surface area contributed by atoms with E-state index in [9.17, 15) is 18.0 Å².